The van der Waals surface area contributed by atoms with Gasteiger partial charge >= 0.3 is 0 Å². The van der Waals surface area contributed by atoms with E-state index in [1.165, 1.54) is 0 Å². The minimum Gasteiger partial charge on any atom is -0.369 e. The average Bonchev–Trinajstić information content (AvgIpc) is 2.14. The van der Waals surface area contributed by atoms with Gasteiger partial charge < -0.3 is 5.32 Å². The Bertz CT molecular complexity index is 384. The van der Waals surface area contributed by atoms with E-state index in [2.05, 4.69) is 27.3 Å². The fourth-order valence-electron chi connectivity index (χ4n) is 1.02. The molecule has 0 fully saturated rings. The molecule has 1 aromatic rings. The molecule has 0 aliphatic heterocycles. The Labute approximate surface area is 97.0 Å². The van der Waals surface area contributed by atoms with Crippen LogP contribution in [0.1, 0.15) is 12.5 Å². The van der Waals surface area contributed by atoms with Crippen molar-refractivity contribution in [1.29, 1.82) is 5.26 Å². The van der Waals surface area contributed by atoms with E-state index in [9.17, 15) is 0 Å². The van der Waals surface area contributed by atoms with E-state index < -0.39 is 0 Å². The van der Waals surface area contributed by atoms with Gasteiger partial charge in [0, 0.05) is 9.50 Å². The van der Waals surface area contributed by atoms with Crippen molar-refractivity contribution >= 4 is 33.2 Å². The number of nitriles is 1. The maximum atomic E-state index is 8.65. The van der Waals surface area contributed by atoms with Gasteiger partial charge in [0.05, 0.1) is 11.8 Å². The number of anilines is 1. The van der Waals surface area contributed by atoms with E-state index in [4.69, 9.17) is 16.9 Å². The van der Waals surface area contributed by atoms with Gasteiger partial charge in [0.25, 0.3) is 0 Å². The first-order valence-electron chi connectivity index (χ1n) is 4.16. The van der Waals surface area contributed by atoms with E-state index >= 15 is 0 Å². The number of rotatable bonds is 2. The molecule has 74 valence electrons. The Morgan fingerprint density at radius 2 is 2.21 bits per heavy atom. The Kier molecular flexibility index (Phi) is 3.79. The van der Waals surface area contributed by atoms with Crippen molar-refractivity contribution < 1.29 is 0 Å². The van der Waals surface area contributed by atoms with Crippen LogP contribution >= 0.6 is 27.5 Å². The molecule has 1 N–H and O–H groups in total. The molecule has 0 heterocycles. The first-order valence-corrected chi connectivity index (χ1v) is 5.33. The highest BCUT2D eigenvalue weighted by Crippen LogP contribution is 2.29. The second-order valence-corrected chi connectivity index (χ2v) is 4.34. The van der Waals surface area contributed by atoms with Crippen LogP contribution in [-0.4, -0.2) is 6.04 Å². The van der Waals surface area contributed by atoms with Crippen molar-refractivity contribution in [3.63, 3.8) is 0 Å². The molecule has 14 heavy (non-hydrogen) atoms. The second-order valence-electron chi connectivity index (χ2n) is 3.08. The van der Waals surface area contributed by atoms with E-state index in [1.807, 2.05) is 19.1 Å². The zero-order valence-corrected chi connectivity index (χ0v) is 10.3. The lowest BCUT2D eigenvalue weighted by molar-refractivity contribution is 1.01. The third-order valence-corrected chi connectivity index (χ3v) is 2.88. The van der Waals surface area contributed by atoms with Gasteiger partial charge in [0.2, 0.25) is 0 Å². The molecule has 1 rings (SSSR count). The summed E-state index contributed by atoms with van der Waals surface area (Å²) in [7, 11) is 0. The summed E-state index contributed by atoms with van der Waals surface area (Å²) in [5.41, 5.74) is 1.85. The Hall–Kier alpha value is -0.720. The molecule has 1 atom stereocenters. The first-order chi connectivity index (χ1) is 6.54. The molecule has 0 aromatic heterocycles. The van der Waals surface area contributed by atoms with Crippen molar-refractivity contribution in [2.45, 2.75) is 19.9 Å². The summed E-state index contributed by atoms with van der Waals surface area (Å²) in [6.07, 6.45) is 0. The van der Waals surface area contributed by atoms with Crippen LogP contribution in [0.5, 0.6) is 0 Å². The van der Waals surface area contributed by atoms with Crippen molar-refractivity contribution in [1.82, 2.24) is 0 Å². The third-order valence-electron chi connectivity index (χ3n) is 1.81. The molecule has 0 saturated carbocycles. The van der Waals surface area contributed by atoms with Crippen molar-refractivity contribution in [2.24, 2.45) is 0 Å². The number of benzene rings is 1. The topological polar surface area (TPSA) is 35.8 Å². The number of hydrogen-bond acceptors (Lipinski definition) is 2. The summed E-state index contributed by atoms with van der Waals surface area (Å²) >= 11 is 9.38. The van der Waals surface area contributed by atoms with Crippen molar-refractivity contribution in [3.8, 4) is 6.07 Å². The lowest BCUT2D eigenvalue weighted by Gasteiger charge is -2.11. The number of hydrogen-bond donors (Lipinski definition) is 1. The van der Waals surface area contributed by atoms with Gasteiger partial charge in [-0.05, 0) is 47.5 Å². The molecular formula is C10H10BrClN2. The average molecular weight is 274 g/mol. The predicted octanol–water partition coefficient (Wildman–Crippen LogP) is 3.73. The van der Waals surface area contributed by atoms with Crippen molar-refractivity contribution in [3.05, 3.63) is 27.2 Å². The smallest absolute Gasteiger partial charge is 0.111 e. The molecule has 0 spiro atoms. The van der Waals surface area contributed by atoms with Crippen molar-refractivity contribution in [2.75, 3.05) is 5.32 Å². The third kappa shape index (κ3) is 2.63. The molecule has 1 aromatic carbocycles. The minimum atomic E-state index is -0.231. The standard InChI is InChI=1S/C10H10BrClN2/c1-6-3-8(11)10(4-9(6)12)14-7(2)5-13/h3-4,7,14H,1-2H3. The Morgan fingerprint density at radius 1 is 1.57 bits per heavy atom. The van der Waals surface area contributed by atoms with Crippen LogP contribution in [-0.2, 0) is 0 Å². The number of aryl methyl sites for hydroxylation is 1. The Morgan fingerprint density at radius 3 is 2.79 bits per heavy atom. The highest BCUT2D eigenvalue weighted by Gasteiger charge is 2.06. The van der Waals surface area contributed by atoms with E-state index in [1.54, 1.807) is 6.92 Å². The monoisotopic (exact) mass is 272 g/mol. The van der Waals surface area contributed by atoms with Gasteiger partial charge in [-0.2, -0.15) is 5.26 Å². The molecule has 0 aliphatic carbocycles. The molecule has 0 amide bonds. The highest BCUT2D eigenvalue weighted by molar-refractivity contribution is 9.10. The SMILES string of the molecule is Cc1cc(Br)c(NC(C)C#N)cc1Cl. The zero-order valence-electron chi connectivity index (χ0n) is 7.94. The fourth-order valence-corrected chi connectivity index (χ4v) is 1.76. The quantitative estimate of drug-likeness (QED) is 0.891. The molecule has 2 nitrogen and oxygen atoms in total. The molecule has 0 radical (unpaired) electrons. The summed E-state index contributed by atoms with van der Waals surface area (Å²) in [4.78, 5) is 0. The summed E-state index contributed by atoms with van der Waals surface area (Å²) in [5.74, 6) is 0. The maximum absolute atomic E-state index is 8.65. The van der Waals surface area contributed by atoms with Gasteiger partial charge in [-0.3, -0.25) is 0 Å². The summed E-state index contributed by atoms with van der Waals surface area (Å²) < 4.78 is 0.918. The normalized spacial score (nSPS) is 11.9. The summed E-state index contributed by atoms with van der Waals surface area (Å²) in [5, 5.41) is 12.4. The molecule has 0 saturated heterocycles. The second kappa shape index (κ2) is 4.68. The van der Waals surface area contributed by atoms with E-state index in [-0.39, 0.29) is 6.04 Å². The molecule has 1 unspecified atom stereocenters. The van der Waals surface area contributed by atoms with E-state index in [0.717, 1.165) is 15.7 Å². The van der Waals surface area contributed by atoms with Crippen LogP contribution in [0.25, 0.3) is 0 Å². The van der Waals surface area contributed by atoms with Gasteiger partial charge in [0.1, 0.15) is 6.04 Å². The number of nitrogens with one attached hydrogen (secondary N) is 1. The van der Waals surface area contributed by atoms with Crippen LogP contribution < -0.4 is 5.32 Å². The highest BCUT2D eigenvalue weighted by atomic mass is 79.9. The van der Waals surface area contributed by atoms with Crippen LogP contribution in [0.15, 0.2) is 16.6 Å². The Balaban J connectivity index is 2.99. The molecular weight excluding hydrogens is 263 g/mol. The first kappa shape index (κ1) is 11.4. The lowest BCUT2D eigenvalue weighted by atomic mass is 10.2. The maximum Gasteiger partial charge on any atom is 0.111 e. The molecule has 0 bridgehead atoms. The number of halogens is 2. The van der Waals surface area contributed by atoms with E-state index in [0.29, 0.717) is 5.02 Å². The van der Waals surface area contributed by atoms with Crippen LogP contribution in [0, 0.1) is 18.3 Å². The minimum absolute atomic E-state index is 0.231. The van der Waals surface area contributed by atoms with Crippen LogP contribution in [0.4, 0.5) is 5.69 Å². The summed E-state index contributed by atoms with van der Waals surface area (Å²) in [6.45, 7) is 3.73. The largest absolute Gasteiger partial charge is 0.369 e. The van der Waals surface area contributed by atoms with Crippen LogP contribution in [0.2, 0.25) is 5.02 Å². The van der Waals surface area contributed by atoms with Gasteiger partial charge in [0.15, 0.2) is 0 Å². The molecule has 4 heteroatoms. The number of nitrogens with zero attached hydrogens (tertiary/aromatic N) is 1. The fraction of sp³-hybridized carbons (Fsp3) is 0.300. The lowest BCUT2D eigenvalue weighted by Crippen LogP contribution is -2.12. The van der Waals surface area contributed by atoms with Crippen LogP contribution in [0.3, 0.4) is 0 Å². The summed E-state index contributed by atoms with van der Waals surface area (Å²) in [6, 6.07) is 5.61. The van der Waals surface area contributed by atoms with Gasteiger partial charge in [-0.1, -0.05) is 11.6 Å². The zero-order chi connectivity index (χ0) is 10.7. The predicted molar refractivity (Wildman–Crippen MR) is 62.6 cm³/mol. The molecule has 0 aliphatic rings. The van der Waals surface area contributed by atoms with Gasteiger partial charge in [-0.25, -0.2) is 0 Å². The van der Waals surface area contributed by atoms with Gasteiger partial charge in [-0.15, -0.1) is 0 Å².